The number of para-hydroxylation sites is 2. The van der Waals surface area contributed by atoms with Gasteiger partial charge >= 0.3 is 7.67 Å². The van der Waals surface area contributed by atoms with E-state index in [2.05, 4.69) is 11.7 Å². The average Bonchev–Trinajstić information content (AvgIpc) is 2.84. The zero-order valence-electron chi connectivity index (χ0n) is 16.4. The second-order valence-corrected chi connectivity index (χ2v) is 10.8. The van der Waals surface area contributed by atoms with Crippen LogP contribution in [0.4, 0.5) is 11.4 Å². The standard InChI is InChI=1S/C22H21N2O4PS/c1-3-16-28-29(25)23-21-10-6-4-8-19(21)20-9-5-7-11-22(20)24(29)30(26,27)18-14-12-17(2)13-15-18/h3-15H,1,16H2,2H3,(H,23,25). The first kappa shape index (κ1) is 20.4. The van der Waals surface area contributed by atoms with E-state index in [1.54, 1.807) is 42.5 Å². The smallest absolute Gasteiger partial charge is 0.297 e. The van der Waals surface area contributed by atoms with Gasteiger partial charge in [0.1, 0.15) is 0 Å². The van der Waals surface area contributed by atoms with E-state index in [0.717, 1.165) is 15.2 Å². The van der Waals surface area contributed by atoms with Crippen molar-refractivity contribution < 1.29 is 17.5 Å². The summed E-state index contributed by atoms with van der Waals surface area (Å²) in [6.45, 7) is 5.38. The van der Waals surface area contributed by atoms with E-state index in [0.29, 0.717) is 11.3 Å². The zero-order valence-corrected chi connectivity index (χ0v) is 18.1. The molecule has 0 amide bonds. The Bertz CT molecular complexity index is 1260. The van der Waals surface area contributed by atoms with Crippen molar-refractivity contribution in [2.24, 2.45) is 0 Å². The fraction of sp³-hybridized carbons (Fsp3) is 0.0909. The number of fused-ring (bicyclic) bond motifs is 3. The van der Waals surface area contributed by atoms with Crippen LogP contribution in [0.3, 0.4) is 0 Å². The molecule has 1 unspecified atom stereocenters. The molecule has 0 aromatic heterocycles. The minimum absolute atomic E-state index is 0.0260. The number of nitrogens with zero attached hydrogens (tertiary/aromatic N) is 1. The number of benzene rings is 3. The molecule has 0 saturated carbocycles. The summed E-state index contributed by atoms with van der Waals surface area (Å²) in [5.41, 5.74) is 3.09. The minimum Gasteiger partial charge on any atom is -0.297 e. The maximum atomic E-state index is 14.1. The Morgan fingerprint density at radius 3 is 2.33 bits per heavy atom. The van der Waals surface area contributed by atoms with Crippen LogP contribution in [-0.2, 0) is 19.1 Å². The van der Waals surface area contributed by atoms with Crippen molar-refractivity contribution in [3.8, 4) is 11.1 Å². The van der Waals surface area contributed by atoms with Gasteiger partial charge in [-0.1, -0.05) is 60.2 Å². The van der Waals surface area contributed by atoms with Gasteiger partial charge in [0.25, 0.3) is 10.0 Å². The Kier molecular flexibility index (Phi) is 5.28. The van der Waals surface area contributed by atoms with Gasteiger partial charge in [-0.2, -0.15) is 4.08 Å². The van der Waals surface area contributed by atoms with Crippen LogP contribution >= 0.6 is 7.67 Å². The van der Waals surface area contributed by atoms with Crippen molar-refractivity contribution in [2.75, 3.05) is 15.8 Å². The van der Waals surface area contributed by atoms with Crippen LogP contribution in [0.2, 0.25) is 0 Å². The molecular formula is C22H21N2O4PS. The molecule has 1 aliphatic rings. The van der Waals surface area contributed by atoms with Gasteiger partial charge in [-0.05, 0) is 31.2 Å². The van der Waals surface area contributed by atoms with Crippen LogP contribution in [0.25, 0.3) is 11.1 Å². The Balaban J connectivity index is 2.02. The van der Waals surface area contributed by atoms with Crippen molar-refractivity contribution in [1.29, 1.82) is 0 Å². The summed E-state index contributed by atoms with van der Waals surface area (Å²) < 4.78 is 48.1. The normalized spacial score (nSPS) is 18.0. The van der Waals surface area contributed by atoms with Crippen LogP contribution in [-0.4, -0.2) is 15.0 Å². The molecule has 0 aliphatic carbocycles. The molecule has 3 aromatic rings. The second-order valence-electron chi connectivity index (χ2n) is 6.84. The van der Waals surface area contributed by atoms with Crippen LogP contribution in [0.15, 0.2) is 90.3 Å². The van der Waals surface area contributed by atoms with Crippen molar-refractivity contribution in [2.45, 2.75) is 11.8 Å². The van der Waals surface area contributed by atoms with E-state index in [1.165, 1.54) is 18.2 Å². The highest BCUT2D eigenvalue weighted by Crippen LogP contribution is 2.60. The van der Waals surface area contributed by atoms with Gasteiger partial charge in [0, 0.05) is 11.1 Å². The van der Waals surface area contributed by atoms with Gasteiger partial charge in [0.05, 0.1) is 22.9 Å². The number of rotatable bonds is 5. The van der Waals surface area contributed by atoms with E-state index >= 15 is 0 Å². The van der Waals surface area contributed by atoms with Crippen molar-refractivity contribution in [1.82, 2.24) is 0 Å². The quantitative estimate of drug-likeness (QED) is 0.413. The highest BCUT2D eigenvalue weighted by atomic mass is 32.2. The molecule has 0 saturated heterocycles. The predicted octanol–water partition coefficient (Wildman–Crippen LogP) is 5.59. The molecule has 3 aromatic carbocycles. The third kappa shape index (κ3) is 3.45. The van der Waals surface area contributed by atoms with E-state index < -0.39 is 17.7 Å². The van der Waals surface area contributed by atoms with Crippen molar-refractivity contribution in [3.63, 3.8) is 0 Å². The number of aryl methyl sites for hydroxylation is 1. The summed E-state index contributed by atoms with van der Waals surface area (Å²) in [6.07, 6.45) is 1.43. The lowest BCUT2D eigenvalue weighted by Gasteiger charge is -2.31. The first-order chi connectivity index (χ1) is 14.4. The Morgan fingerprint density at radius 1 is 1.00 bits per heavy atom. The van der Waals surface area contributed by atoms with Gasteiger partial charge < -0.3 is 0 Å². The average molecular weight is 440 g/mol. The van der Waals surface area contributed by atoms with Crippen molar-refractivity contribution in [3.05, 3.63) is 91.0 Å². The summed E-state index contributed by atoms with van der Waals surface area (Å²) in [7, 11) is -8.35. The number of sulfonamides is 1. The summed E-state index contributed by atoms with van der Waals surface area (Å²) in [5.74, 6) is 0. The van der Waals surface area contributed by atoms with Gasteiger partial charge in [-0.15, -0.1) is 6.58 Å². The topological polar surface area (TPSA) is 75.7 Å². The summed E-state index contributed by atoms with van der Waals surface area (Å²) in [6, 6.07) is 20.6. The number of nitrogens with one attached hydrogen (secondary N) is 1. The SMILES string of the molecule is C=CCOP1(=O)Nc2ccccc2-c2ccccc2N1S(=O)(=O)c1ccc(C)cc1. The number of anilines is 2. The summed E-state index contributed by atoms with van der Waals surface area (Å²) in [5, 5.41) is 2.89. The van der Waals surface area contributed by atoms with E-state index in [1.807, 2.05) is 25.1 Å². The molecule has 154 valence electrons. The molecular weight excluding hydrogens is 419 g/mol. The Labute approximate surface area is 176 Å². The molecule has 1 N–H and O–H groups in total. The van der Waals surface area contributed by atoms with E-state index in [9.17, 15) is 13.0 Å². The fourth-order valence-electron chi connectivity index (χ4n) is 3.34. The highest BCUT2D eigenvalue weighted by molar-refractivity contribution is 8.00. The third-order valence-corrected chi connectivity index (χ3v) is 9.27. The lowest BCUT2D eigenvalue weighted by molar-refractivity contribution is 0.357. The Hall–Kier alpha value is -2.86. The molecule has 30 heavy (non-hydrogen) atoms. The van der Waals surface area contributed by atoms with Crippen LogP contribution < -0.4 is 9.16 Å². The molecule has 0 fully saturated rings. The number of hydrogen-bond donors (Lipinski definition) is 1. The lowest BCUT2D eigenvalue weighted by Crippen LogP contribution is -2.31. The van der Waals surface area contributed by atoms with Gasteiger partial charge in [0.15, 0.2) is 0 Å². The van der Waals surface area contributed by atoms with Crippen LogP contribution in [0, 0.1) is 6.92 Å². The maximum absolute atomic E-state index is 14.1. The lowest BCUT2D eigenvalue weighted by atomic mass is 10.0. The van der Waals surface area contributed by atoms with E-state index in [4.69, 9.17) is 4.52 Å². The molecule has 1 heterocycles. The highest BCUT2D eigenvalue weighted by Gasteiger charge is 2.45. The third-order valence-electron chi connectivity index (χ3n) is 4.74. The van der Waals surface area contributed by atoms with E-state index in [-0.39, 0.29) is 17.2 Å². The number of hydrogen-bond acceptors (Lipinski definition) is 4. The van der Waals surface area contributed by atoms with Crippen LogP contribution in [0.1, 0.15) is 5.56 Å². The van der Waals surface area contributed by atoms with Gasteiger partial charge in [0.2, 0.25) is 0 Å². The van der Waals surface area contributed by atoms with Crippen molar-refractivity contribution >= 4 is 29.1 Å². The predicted molar refractivity (Wildman–Crippen MR) is 120 cm³/mol. The molecule has 1 atom stereocenters. The summed E-state index contributed by atoms with van der Waals surface area (Å²) >= 11 is 0. The Morgan fingerprint density at radius 2 is 1.63 bits per heavy atom. The zero-order chi connectivity index (χ0) is 21.4. The first-order valence-corrected chi connectivity index (χ1v) is 12.3. The first-order valence-electron chi connectivity index (χ1n) is 9.31. The maximum Gasteiger partial charge on any atom is 0.408 e. The minimum atomic E-state index is -4.22. The molecule has 4 rings (SSSR count). The molecule has 1 aliphatic heterocycles. The largest absolute Gasteiger partial charge is 0.408 e. The monoisotopic (exact) mass is 440 g/mol. The summed E-state index contributed by atoms with van der Waals surface area (Å²) in [4.78, 5) is 0.0260. The van der Waals surface area contributed by atoms with Crippen LogP contribution in [0.5, 0.6) is 0 Å². The fourth-order valence-corrected chi connectivity index (χ4v) is 7.64. The molecule has 0 radical (unpaired) electrons. The molecule has 0 bridgehead atoms. The molecule has 6 nitrogen and oxygen atoms in total. The second kappa shape index (κ2) is 7.76. The van der Waals surface area contributed by atoms with Gasteiger partial charge in [-0.25, -0.2) is 13.0 Å². The van der Waals surface area contributed by atoms with Gasteiger partial charge in [-0.3, -0.25) is 9.61 Å². The molecule has 8 heteroatoms. The molecule has 0 spiro atoms.